The molecule has 0 saturated heterocycles. The number of carbonyl (C=O) groups is 2. The van der Waals surface area contributed by atoms with E-state index in [0.29, 0.717) is 28.4 Å². The highest BCUT2D eigenvalue weighted by atomic mass is 16.7. The van der Waals surface area contributed by atoms with E-state index in [2.05, 4.69) is 0 Å². The number of hydrogen-bond donors (Lipinski definition) is 0. The van der Waals surface area contributed by atoms with Gasteiger partial charge in [0.25, 0.3) is 0 Å². The minimum absolute atomic E-state index is 0.127. The summed E-state index contributed by atoms with van der Waals surface area (Å²) >= 11 is 0. The molecule has 0 spiro atoms. The van der Waals surface area contributed by atoms with Crippen LogP contribution < -0.4 is 14.2 Å². The number of hydrogen-bond acceptors (Lipinski definition) is 5. The van der Waals surface area contributed by atoms with Crippen molar-refractivity contribution in [2.45, 2.75) is 0 Å². The topological polar surface area (TPSA) is 61.8 Å². The van der Waals surface area contributed by atoms with Crippen LogP contribution in [0, 0.1) is 0 Å². The van der Waals surface area contributed by atoms with Gasteiger partial charge in [-0.25, -0.2) is 4.79 Å². The van der Waals surface area contributed by atoms with Gasteiger partial charge in [0.1, 0.15) is 5.75 Å². The van der Waals surface area contributed by atoms with Crippen LogP contribution in [-0.4, -0.2) is 18.5 Å². The molecule has 0 N–H and O–H groups in total. The Labute approximate surface area is 161 Å². The average Bonchev–Trinajstić information content (AvgIpc) is 3.21. The summed E-state index contributed by atoms with van der Waals surface area (Å²) in [5.74, 6) is 0.827. The first kappa shape index (κ1) is 17.5. The van der Waals surface area contributed by atoms with Gasteiger partial charge in [-0.15, -0.1) is 0 Å². The summed E-state index contributed by atoms with van der Waals surface area (Å²) in [4.78, 5) is 24.6. The van der Waals surface area contributed by atoms with Gasteiger partial charge in [-0.2, -0.15) is 0 Å². The Kier molecular flexibility index (Phi) is 4.89. The number of allylic oxidation sites excluding steroid dienone is 1. The van der Waals surface area contributed by atoms with Crippen LogP contribution in [0.5, 0.6) is 17.2 Å². The third kappa shape index (κ3) is 3.94. The minimum atomic E-state index is -0.513. The Bertz CT molecular complexity index is 1040. The number of ketones is 1. The third-order valence-electron chi connectivity index (χ3n) is 4.18. The first-order valence-electron chi connectivity index (χ1n) is 8.68. The Morgan fingerprint density at radius 3 is 2.32 bits per heavy atom. The molecule has 1 heterocycles. The van der Waals surface area contributed by atoms with Crippen LogP contribution >= 0.6 is 0 Å². The zero-order valence-corrected chi connectivity index (χ0v) is 14.8. The van der Waals surface area contributed by atoms with Crippen LogP contribution in [0.2, 0.25) is 0 Å². The molecule has 0 aromatic heterocycles. The predicted octanol–water partition coefficient (Wildman–Crippen LogP) is 4.53. The molecular weight excluding hydrogens is 356 g/mol. The molecule has 5 heteroatoms. The molecular formula is C23H16O5. The van der Waals surface area contributed by atoms with E-state index in [1.54, 1.807) is 48.5 Å². The lowest BCUT2D eigenvalue weighted by Gasteiger charge is -2.06. The first-order valence-corrected chi connectivity index (χ1v) is 8.68. The van der Waals surface area contributed by atoms with E-state index in [4.69, 9.17) is 14.2 Å². The number of ether oxygens (including phenoxy) is 3. The Hall–Kier alpha value is -3.86. The van der Waals surface area contributed by atoms with Crippen molar-refractivity contribution in [2.24, 2.45) is 0 Å². The summed E-state index contributed by atoms with van der Waals surface area (Å²) in [7, 11) is 0. The molecule has 1 aliphatic heterocycles. The second-order valence-electron chi connectivity index (χ2n) is 6.09. The summed E-state index contributed by atoms with van der Waals surface area (Å²) in [6.07, 6.45) is 3.28. The fourth-order valence-corrected chi connectivity index (χ4v) is 2.71. The van der Waals surface area contributed by atoms with Gasteiger partial charge in [0.05, 0.1) is 5.56 Å². The van der Waals surface area contributed by atoms with Crippen LogP contribution in [-0.2, 0) is 0 Å². The highest BCUT2D eigenvalue weighted by Crippen LogP contribution is 2.32. The van der Waals surface area contributed by atoms with Crippen molar-refractivity contribution < 1.29 is 23.8 Å². The van der Waals surface area contributed by atoms with E-state index in [1.807, 2.05) is 30.3 Å². The maximum absolute atomic E-state index is 12.3. The smallest absolute Gasteiger partial charge is 0.343 e. The fourth-order valence-electron chi connectivity index (χ4n) is 2.71. The van der Waals surface area contributed by atoms with Gasteiger partial charge in [-0.3, -0.25) is 4.79 Å². The quantitative estimate of drug-likeness (QED) is 0.285. The van der Waals surface area contributed by atoms with Crippen LogP contribution in [0.15, 0.2) is 78.9 Å². The summed E-state index contributed by atoms with van der Waals surface area (Å²) in [5.41, 5.74) is 1.82. The van der Waals surface area contributed by atoms with Crippen LogP contribution in [0.3, 0.4) is 0 Å². The van der Waals surface area contributed by atoms with Gasteiger partial charge in [-0.1, -0.05) is 36.4 Å². The lowest BCUT2D eigenvalue weighted by molar-refractivity contribution is 0.0734. The summed E-state index contributed by atoms with van der Waals surface area (Å²) in [6.45, 7) is 0.141. The Morgan fingerprint density at radius 1 is 0.821 bits per heavy atom. The highest BCUT2D eigenvalue weighted by Gasteiger charge is 2.17. The molecule has 1 aliphatic rings. The molecule has 138 valence electrons. The largest absolute Gasteiger partial charge is 0.454 e. The molecule has 0 bridgehead atoms. The molecule has 3 aromatic carbocycles. The van der Waals surface area contributed by atoms with Gasteiger partial charge in [-0.05, 0) is 54.1 Å². The first-order chi connectivity index (χ1) is 13.7. The molecule has 0 fully saturated rings. The molecule has 3 aromatic rings. The van der Waals surface area contributed by atoms with E-state index in [0.717, 1.165) is 5.56 Å². The van der Waals surface area contributed by atoms with Crippen molar-refractivity contribution in [1.82, 2.24) is 0 Å². The highest BCUT2D eigenvalue weighted by molar-refractivity contribution is 6.06. The summed E-state index contributed by atoms with van der Waals surface area (Å²) in [6, 6.07) is 20.9. The van der Waals surface area contributed by atoms with Gasteiger partial charge in [0.2, 0.25) is 6.79 Å². The van der Waals surface area contributed by atoms with E-state index in [1.165, 1.54) is 6.08 Å². The Morgan fingerprint density at radius 2 is 1.54 bits per heavy atom. The van der Waals surface area contributed by atoms with E-state index in [-0.39, 0.29) is 12.6 Å². The molecule has 0 unspecified atom stereocenters. The van der Waals surface area contributed by atoms with Crippen LogP contribution in [0.1, 0.15) is 26.3 Å². The monoisotopic (exact) mass is 372 g/mol. The van der Waals surface area contributed by atoms with E-state index in [9.17, 15) is 9.59 Å². The number of carbonyl (C=O) groups excluding carboxylic acids is 2. The predicted molar refractivity (Wildman–Crippen MR) is 104 cm³/mol. The summed E-state index contributed by atoms with van der Waals surface area (Å²) in [5, 5.41) is 0. The Balaban J connectivity index is 1.41. The number of benzene rings is 3. The van der Waals surface area contributed by atoms with Crippen molar-refractivity contribution in [1.29, 1.82) is 0 Å². The van der Waals surface area contributed by atoms with Crippen molar-refractivity contribution in [2.75, 3.05) is 6.79 Å². The van der Waals surface area contributed by atoms with Crippen molar-refractivity contribution >= 4 is 17.8 Å². The van der Waals surface area contributed by atoms with Gasteiger partial charge in [0.15, 0.2) is 17.3 Å². The SMILES string of the molecule is O=C(C=Cc1ccccc1)c1ccc(OC(=O)c2ccc3c(c2)OCO3)cc1. The van der Waals surface area contributed by atoms with Gasteiger partial charge in [0, 0.05) is 5.56 Å². The lowest BCUT2D eigenvalue weighted by Crippen LogP contribution is -2.08. The molecule has 4 rings (SSSR count). The number of fused-ring (bicyclic) bond motifs is 1. The fraction of sp³-hybridized carbons (Fsp3) is 0.0435. The van der Waals surface area contributed by atoms with Gasteiger partial charge >= 0.3 is 5.97 Å². The normalized spacial score (nSPS) is 12.1. The maximum atomic E-state index is 12.3. The van der Waals surface area contributed by atoms with Crippen molar-refractivity contribution in [3.63, 3.8) is 0 Å². The van der Waals surface area contributed by atoms with Crippen LogP contribution in [0.25, 0.3) is 6.08 Å². The molecule has 0 radical (unpaired) electrons. The zero-order chi connectivity index (χ0) is 19.3. The van der Waals surface area contributed by atoms with Crippen LogP contribution in [0.4, 0.5) is 0 Å². The maximum Gasteiger partial charge on any atom is 0.343 e. The molecule has 0 aliphatic carbocycles. The van der Waals surface area contributed by atoms with E-state index >= 15 is 0 Å². The third-order valence-corrected chi connectivity index (χ3v) is 4.18. The molecule has 0 atom stereocenters. The summed E-state index contributed by atoms with van der Waals surface area (Å²) < 4.78 is 15.8. The minimum Gasteiger partial charge on any atom is -0.454 e. The lowest BCUT2D eigenvalue weighted by atomic mass is 10.1. The second-order valence-corrected chi connectivity index (χ2v) is 6.09. The standard InChI is InChI=1S/C23H16O5/c24-20(12-6-16-4-2-1-3-5-16)17-7-10-19(11-8-17)28-23(25)18-9-13-21-22(14-18)27-15-26-21/h1-14H,15H2. The number of rotatable bonds is 5. The van der Waals surface area contributed by atoms with Crippen molar-refractivity contribution in [3.8, 4) is 17.2 Å². The molecule has 0 amide bonds. The second kappa shape index (κ2) is 7.80. The molecule has 0 saturated carbocycles. The van der Waals surface area contributed by atoms with Crippen molar-refractivity contribution in [3.05, 3.63) is 95.6 Å². The molecule has 28 heavy (non-hydrogen) atoms. The molecule has 5 nitrogen and oxygen atoms in total. The van der Waals surface area contributed by atoms with E-state index < -0.39 is 5.97 Å². The average molecular weight is 372 g/mol. The number of esters is 1. The zero-order valence-electron chi connectivity index (χ0n) is 14.8. The van der Waals surface area contributed by atoms with Gasteiger partial charge < -0.3 is 14.2 Å².